The number of hydrogen-bond acceptors (Lipinski definition) is 4. The predicted octanol–water partition coefficient (Wildman–Crippen LogP) is 5.03. The highest BCUT2D eigenvalue weighted by Crippen LogP contribution is 2.36. The highest BCUT2D eigenvalue weighted by Gasteiger charge is 2.36. The smallest absolute Gasteiger partial charge is 0.179 e. The highest BCUT2D eigenvalue weighted by molar-refractivity contribution is 6.31. The molecule has 4 nitrogen and oxygen atoms in total. The SMILES string of the molecule is Clc1ccc2c(NCCCCN3O[C@@H]3c3ccccc3)ccnc2c1. The second-order valence-corrected chi connectivity index (χ2v) is 6.60. The maximum Gasteiger partial charge on any atom is 0.179 e. The summed E-state index contributed by atoms with van der Waals surface area (Å²) in [5.74, 6) is 0. The molecule has 25 heavy (non-hydrogen) atoms. The van der Waals surface area contributed by atoms with Crippen molar-refractivity contribution in [2.45, 2.75) is 19.1 Å². The normalized spacial score (nSPS) is 19.1. The molecule has 0 aliphatic carbocycles. The van der Waals surface area contributed by atoms with E-state index in [1.54, 1.807) is 0 Å². The lowest BCUT2D eigenvalue weighted by atomic mass is 10.2. The molecule has 2 heterocycles. The molecule has 0 spiro atoms. The molecule has 1 saturated heterocycles. The second-order valence-electron chi connectivity index (χ2n) is 6.16. The maximum absolute atomic E-state index is 6.03. The van der Waals surface area contributed by atoms with Gasteiger partial charge in [0.2, 0.25) is 0 Å². The fourth-order valence-electron chi connectivity index (χ4n) is 3.01. The van der Waals surface area contributed by atoms with E-state index in [1.165, 1.54) is 5.56 Å². The summed E-state index contributed by atoms with van der Waals surface area (Å²) in [5, 5.41) is 7.36. The Labute approximate surface area is 152 Å². The van der Waals surface area contributed by atoms with E-state index in [-0.39, 0.29) is 6.23 Å². The lowest BCUT2D eigenvalue weighted by molar-refractivity contribution is 0.196. The van der Waals surface area contributed by atoms with Crippen molar-refractivity contribution in [3.05, 3.63) is 71.4 Å². The number of hydroxylamine groups is 2. The number of unbranched alkanes of at least 4 members (excludes halogenated alkanes) is 1. The fraction of sp³-hybridized carbons (Fsp3) is 0.250. The van der Waals surface area contributed by atoms with Gasteiger partial charge < -0.3 is 5.32 Å². The molecule has 0 amide bonds. The zero-order chi connectivity index (χ0) is 17.1. The van der Waals surface area contributed by atoms with Crippen LogP contribution in [0.15, 0.2) is 60.8 Å². The van der Waals surface area contributed by atoms with Crippen molar-refractivity contribution in [1.29, 1.82) is 0 Å². The third-order valence-corrected chi connectivity index (χ3v) is 4.60. The van der Waals surface area contributed by atoms with Crippen LogP contribution in [-0.4, -0.2) is 23.1 Å². The van der Waals surface area contributed by atoms with Gasteiger partial charge in [-0.1, -0.05) is 41.9 Å². The first-order valence-electron chi connectivity index (χ1n) is 8.58. The number of halogens is 1. The van der Waals surface area contributed by atoms with E-state index in [4.69, 9.17) is 16.4 Å². The van der Waals surface area contributed by atoms with Crippen LogP contribution in [0.25, 0.3) is 10.9 Å². The first-order valence-corrected chi connectivity index (χ1v) is 8.95. The van der Waals surface area contributed by atoms with Gasteiger partial charge in [-0.25, -0.2) is 0 Å². The summed E-state index contributed by atoms with van der Waals surface area (Å²) in [7, 11) is 0. The zero-order valence-corrected chi connectivity index (χ0v) is 14.6. The third-order valence-electron chi connectivity index (χ3n) is 4.36. The highest BCUT2D eigenvalue weighted by atomic mass is 35.5. The van der Waals surface area contributed by atoms with Crippen molar-refractivity contribution in [3.63, 3.8) is 0 Å². The van der Waals surface area contributed by atoms with Crippen LogP contribution < -0.4 is 5.32 Å². The van der Waals surface area contributed by atoms with E-state index >= 15 is 0 Å². The number of fused-ring (bicyclic) bond motifs is 1. The van der Waals surface area contributed by atoms with Gasteiger partial charge in [0.05, 0.1) is 5.52 Å². The Bertz CT molecular complexity index is 856. The number of hydrogen-bond donors (Lipinski definition) is 1. The Morgan fingerprint density at radius 1 is 1.08 bits per heavy atom. The Hall–Kier alpha value is -2.14. The van der Waals surface area contributed by atoms with Gasteiger partial charge in [0.25, 0.3) is 0 Å². The Morgan fingerprint density at radius 3 is 2.84 bits per heavy atom. The Morgan fingerprint density at radius 2 is 1.96 bits per heavy atom. The molecule has 2 aromatic carbocycles. The minimum absolute atomic E-state index is 0.142. The summed E-state index contributed by atoms with van der Waals surface area (Å²) in [6, 6.07) is 18.1. The summed E-state index contributed by atoms with van der Waals surface area (Å²) in [5.41, 5.74) is 3.25. The summed E-state index contributed by atoms with van der Waals surface area (Å²) >= 11 is 6.03. The molecule has 3 aromatic rings. The minimum atomic E-state index is 0.142. The molecule has 1 fully saturated rings. The molecule has 1 aliphatic heterocycles. The van der Waals surface area contributed by atoms with Crippen LogP contribution in [0, 0.1) is 0 Å². The molecular formula is C20H20ClN3O. The number of benzene rings is 2. The van der Waals surface area contributed by atoms with Crippen LogP contribution in [0.5, 0.6) is 0 Å². The van der Waals surface area contributed by atoms with Crippen molar-refractivity contribution >= 4 is 28.2 Å². The van der Waals surface area contributed by atoms with Gasteiger partial charge in [0.1, 0.15) is 0 Å². The fourth-order valence-corrected chi connectivity index (χ4v) is 3.17. The van der Waals surface area contributed by atoms with E-state index in [9.17, 15) is 0 Å². The van der Waals surface area contributed by atoms with Crippen molar-refractivity contribution in [2.75, 3.05) is 18.4 Å². The van der Waals surface area contributed by atoms with Gasteiger partial charge in [-0.2, -0.15) is 5.06 Å². The monoisotopic (exact) mass is 353 g/mol. The molecule has 0 bridgehead atoms. The van der Waals surface area contributed by atoms with E-state index in [0.717, 1.165) is 42.5 Å². The van der Waals surface area contributed by atoms with Crippen LogP contribution in [0.4, 0.5) is 5.69 Å². The van der Waals surface area contributed by atoms with Crippen LogP contribution in [-0.2, 0) is 4.84 Å². The summed E-state index contributed by atoms with van der Waals surface area (Å²) in [6.45, 7) is 1.87. The largest absolute Gasteiger partial charge is 0.384 e. The second kappa shape index (κ2) is 7.40. The Balaban J connectivity index is 1.23. The molecule has 1 N–H and O–H groups in total. The molecule has 1 aliphatic rings. The van der Waals surface area contributed by atoms with Crippen LogP contribution in [0.1, 0.15) is 24.6 Å². The number of aromatic nitrogens is 1. The molecule has 1 aromatic heterocycles. The van der Waals surface area contributed by atoms with Crippen molar-refractivity contribution < 1.29 is 4.84 Å². The number of anilines is 1. The molecular weight excluding hydrogens is 334 g/mol. The van der Waals surface area contributed by atoms with Crippen molar-refractivity contribution in [1.82, 2.24) is 10.0 Å². The van der Waals surface area contributed by atoms with Gasteiger partial charge in [0, 0.05) is 35.4 Å². The molecule has 4 rings (SSSR count). The van der Waals surface area contributed by atoms with Crippen LogP contribution >= 0.6 is 11.6 Å². The number of pyridine rings is 1. The summed E-state index contributed by atoms with van der Waals surface area (Å²) in [4.78, 5) is 10.00. The van der Waals surface area contributed by atoms with Gasteiger partial charge in [-0.05, 0) is 42.7 Å². The zero-order valence-electron chi connectivity index (χ0n) is 13.9. The standard InChI is InChI=1S/C20H20ClN3O/c21-16-8-9-17-18(10-12-23-19(17)14-16)22-11-4-5-13-24-20(25-24)15-6-2-1-3-7-15/h1-3,6-10,12,14,20H,4-5,11,13H2,(H,22,23)/t20-,24?/m1/s1. The minimum Gasteiger partial charge on any atom is -0.384 e. The summed E-state index contributed by atoms with van der Waals surface area (Å²) in [6.07, 6.45) is 4.13. The first-order chi connectivity index (χ1) is 12.3. The Kier molecular flexibility index (Phi) is 4.83. The molecule has 5 heteroatoms. The van der Waals surface area contributed by atoms with Crippen molar-refractivity contribution in [2.24, 2.45) is 0 Å². The average molecular weight is 354 g/mol. The number of nitrogens with one attached hydrogen (secondary N) is 1. The van der Waals surface area contributed by atoms with E-state index in [0.29, 0.717) is 5.02 Å². The van der Waals surface area contributed by atoms with Gasteiger partial charge in [-0.3, -0.25) is 9.82 Å². The molecule has 0 saturated carbocycles. The number of nitrogens with zero attached hydrogens (tertiary/aromatic N) is 2. The molecule has 2 atom stereocenters. The van der Waals surface area contributed by atoms with Gasteiger partial charge in [0.15, 0.2) is 6.23 Å². The number of rotatable bonds is 7. The summed E-state index contributed by atoms with van der Waals surface area (Å²) < 4.78 is 0. The maximum atomic E-state index is 6.03. The molecule has 0 radical (unpaired) electrons. The van der Waals surface area contributed by atoms with Gasteiger partial charge in [-0.15, -0.1) is 0 Å². The molecule has 1 unspecified atom stereocenters. The first kappa shape index (κ1) is 16.3. The quantitative estimate of drug-likeness (QED) is 0.478. The van der Waals surface area contributed by atoms with Gasteiger partial charge >= 0.3 is 0 Å². The van der Waals surface area contributed by atoms with E-state index < -0.39 is 0 Å². The van der Waals surface area contributed by atoms with Crippen LogP contribution in [0.2, 0.25) is 5.02 Å². The lowest BCUT2D eigenvalue weighted by Gasteiger charge is -2.09. The third kappa shape index (κ3) is 3.93. The topological polar surface area (TPSA) is 40.5 Å². The predicted molar refractivity (Wildman–Crippen MR) is 101 cm³/mol. The van der Waals surface area contributed by atoms with E-state index in [2.05, 4.69) is 22.4 Å². The molecule has 128 valence electrons. The van der Waals surface area contributed by atoms with Crippen molar-refractivity contribution in [3.8, 4) is 0 Å². The average Bonchev–Trinajstić information content (AvgIpc) is 3.41. The van der Waals surface area contributed by atoms with Crippen LogP contribution in [0.3, 0.4) is 0 Å². The lowest BCUT2D eigenvalue weighted by Crippen LogP contribution is -2.06. The van der Waals surface area contributed by atoms with E-state index in [1.807, 2.05) is 53.7 Å².